The molecule has 21 heavy (non-hydrogen) atoms. The molecular formula is C16H25N3O2. The molecule has 0 bridgehead atoms. The number of carbonyl (C=O) groups excluding carboxylic acids is 2. The first-order chi connectivity index (χ1) is 9.97. The van der Waals surface area contributed by atoms with Crippen molar-refractivity contribution < 1.29 is 9.59 Å². The number of rotatable bonds is 7. The van der Waals surface area contributed by atoms with Crippen LogP contribution in [0.5, 0.6) is 0 Å². The van der Waals surface area contributed by atoms with E-state index >= 15 is 0 Å². The molecule has 1 unspecified atom stereocenters. The number of hydrogen-bond donors (Lipinski definition) is 3. The summed E-state index contributed by atoms with van der Waals surface area (Å²) in [5.41, 5.74) is 6.77. The number of benzene rings is 1. The maximum Gasteiger partial charge on any atom is 0.251 e. The van der Waals surface area contributed by atoms with E-state index in [0.29, 0.717) is 17.8 Å². The van der Waals surface area contributed by atoms with E-state index in [1.165, 1.54) is 0 Å². The fraction of sp³-hybridized carbons (Fsp3) is 0.500. The lowest BCUT2D eigenvalue weighted by Gasteiger charge is -2.14. The summed E-state index contributed by atoms with van der Waals surface area (Å²) in [6.07, 6.45) is 1.67. The standard InChI is InChI=1S/C16H25N3O2/c1-4-6-13(10-17)16(21)19-14-8-5-7-12(9-14)15(20)18-11(2)3/h5,7-9,11,13H,4,6,10,17H2,1-3H3,(H,18,20)(H,19,21). The predicted molar refractivity (Wildman–Crippen MR) is 85.1 cm³/mol. The van der Waals surface area contributed by atoms with Crippen molar-refractivity contribution in [1.29, 1.82) is 0 Å². The molecule has 0 spiro atoms. The minimum atomic E-state index is -0.192. The van der Waals surface area contributed by atoms with Crippen LogP contribution in [0.4, 0.5) is 5.69 Å². The van der Waals surface area contributed by atoms with Crippen LogP contribution in [0.15, 0.2) is 24.3 Å². The maximum absolute atomic E-state index is 12.1. The van der Waals surface area contributed by atoms with Crippen LogP contribution in [0.3, 0.4) is 0 Å². The Morgan fingerprint density at radius 3 is 2.57 bits per heavy atom. The third-order valence-electron chi connectivity index (χ3n) is 3.10. The van der Waals surface area contributed by atoms with Gasteiger partial charge in [-0.25, -0.2) is 0 Å². The highest BCUT2D eigenvalue weighted by atomic mass is 16.2. The van der Waals surface area contributed by atoms with Crippen molar-refractivity contribution in [2.45, 2.75) is 39.7 Å². The average molecular weight is 291 g/mol. The minimum Gasteiger partial charge on any atom is -0.350 e. The van der Waals surface area contributed by atoms with E-state index in [1.807, 2.05) is 20.8 Å². The number of amides is 2. The molecule has 0 aliphatic rings. The number of carbonyl (C=O) groups is 2. The van der Waals surface area contributed by atoms with E-state index in [1.54, 1.807) is 24.3 Å². The van der Waals surface area contributed by atoms with Gasteiger partial charge in [0.2, 0.25) is 5.91 Å². The number of anilines is 1. The molecule has 5 nitrogen and oxygen atoms in total. The zero-order chi connectivity index (χ0) is 15.8. The summed E-state index contributed by atoms with van der Waals surface area (Å²) in [7, 11) is 0. The van der Waals surface area contributed by atoms with Gasteiger partial charge >= 0.3 is 0 Å². The van der Waals surface area contributed by atoms with Gasteiger partial charge in [-0.15, -0.1) is 0 Å². The summed E-state index contributed by atoms with van der Waals surface area (Å²) in [6, 6.07) is 6.99. The molecule has 0 radical (unpaired) electrons. The predicted octanol–water partition coefficient (Wildman–Crippen LogP) is 2.14. The number of nitrogens with one attached hydrogen (secondary N) is 2. The largest absolute Gasteiger partial charge is 0.350 e. The number of nitrogens with two attached hydrogens (primary N) is 1. The SMILES string of the molecule is CCCC(CN)C(=O)Nc1cccc(C(=O)NC(C)C)c1. The van der Waals surface area contributed by atoms with Crippen molar-refractivity contribution >= 4 is 17.5 Å². The van der Waals surface area contributed by atoms with Gasteiger partial charge in [0.1, 0.15) is 0 Å². The van der Waals surface area contributed by atoms with E-state index in [4.69, 9.17) is 5.73 Å². The zero-order valence-corrected chi connectivity index (χ0v) is 13.0. The summed E-state index contributed by atoms with van der Waals surface area (Å²) < 4.78 is 0. The molecule has 1 aromatic carbocycles. The van der Waals surface area contributed by atoms with Crippen LogP contribution in [0, 0.1) is 5.92 Å². The Morgan fingerprint density at radius 2 is 2.00 bits per heavy atom. The van der Waals surface area contributed by atoms with Crippen LogP contribution < -0.4 is 16.4 Å². The normalized spacial score (nSPS) is 12.0. The van der Waals surface area contributed by atoms with Gasteiger partial charge in [0.05, 0.1) is 5.92 Å². The third-order valence-corrected chi connectivity index (χ3v) is 3.10. The summed E-state index contributed by atoms with van der Waals surface area (Å²) >= 11 is 0. The molecule has 116 valence electrons. The van der Waals surface area contributed by atoms with Gasteiger partial charge in [0.15, 0.2) is 0 Å². The Hall–Kier alpha value is -1.88. The molecule has 0 aromatic heterocycles. The van der Waals surface area contributed by atoms with Crippen LogP contribution in [0.1, 0.15) is 44.0 Å². The summed E-state index contributed by atoms with van der Waals surface area (Å²) in [5, 5.41) is 5.65. The Kier molecular flexibility index (Phi) is 6.88. The molecule has 0 saturated carbocycles. The zero-order valence-electron chi connectivity index (χ0n) is 13.0. The Bertz CT molecular complexity index is 486. The fourth-order valence-electron chi connectivity index (χ4n) is 2.03. The van der Waals surface area contributed by atoms with Gasteiger partial charge in [0, 0.05) is 23.8 Å². The van der Waals surface area contributed by atoms with Gasteiger partial charge < -0.3 is 16.4 Å². The Labute approximate surface area is 126 Å². The van der Waals surface area contributed by atoms with Crippen LogP contribution in [-0.4, -0.2) is 24.4 Å². The van der Waals surface area contributed by atoms with Gasteiger partial charge in [-0.2, -0.15) is 0 Å². The highest BCUT2D eigenvalue weighted by Crippen LogP contribution is 2.14. The van der Waals surface area contributed by atoms with Crippen LogP contribution in [-0.2, 0) is 4.79 Å². The topological polar surface area (TPSA) is 84.2 Å². The second kappa shape index (κ2) is 8.42. The molecule has 1 atom stereocenters. The highest BCUT2D eigenvalue weighted by Gasteiger charge is 2.16. The Morgan fingerprint density at radius 1 is 1.29 bits per heavy atom. The summed E-state index contributed by atoms with van der Waals surface area (Å²) in [4.78, 5) is 24.0. The molecule has 2 amide bonds. The van der Waals surface area contributed by atoms with Gasteiger partial charge in [0.25, 0.3) is 5.91 Å². The molecule has 0 saturated heterocycles. The molecular weight excluding hydrogens is 266 g/mol. The molecule has 0 heterocycles. The van der Waals surface area contributed by atoms with Crippen molar-refractivity contribution in [3.05, 3.63) is 29.8 Å². The van der Waals surface area contributed by atoms with Crippen molar-refractivity contribution in [3.63, 3.8) is 0 Å². The summed E-state index contributed by atoms with van der Waals surface area (Å²) in [5.74, 6) is -0.436. The molecule has 0 aliphatic heterocycles. The monoisotopic (exact) mass is 291 g/mol. The van der Waals surface area contributed by atoms with Gasteiger partial charge in [-0.3, -0.25) is 9.59 Å². The number of hydrogen-bond acceptors (Lipinski definition) is 3. The molecule has 0 fully saturated rings. The summed E-state index contributed by atoms with van der Waals surface area (Å²) in [6.45, 7) is 6.15. The van der Waals surface area contributed by atoms with E-state index in [-0.39, 0.29) is 23.8 Å². The average Bonchev–Trinajstić information content (AvgIpc) is 2.44. The first kappa shape index (κ1) is 17.2. The van der Waals surface area contributed by atoms with E-state index in [9.17, 15) is 9.59 Å². The smallest absolute Gasteiger partial charge is 0.251 e. The quantitative estimate of drug-likeness (QED) is 0.719. The molecule has 0 aliphatic carbocycles. The molecule has 1 aromatic rings. The van der Waals surface area contributed by atoms with Gasteiger partial charge in [-0.05, 0) is 38.5 Å². The Balaban J connectivity index is 2.76. The van der Waals surface area contributed by atoms with Crippen molar-refractivity contribution in [3.8, 4) is 0 Å². The molecule has 1 rings (SSSR count). The van der Waals surface area contributed by atoms with E-state index in [0.717, 1.165) is 12.8 Å². The molecule has 4 N–H and O–H groups in total. The lowest BCUT2D eigenvalue weighted by molar-refractivity contribution is -0.119. The van der Waals surface area contributed by atoms with Crippen molar-refractivity contribution in [2.24, 2.45) is 11.7 Å². The van der Waals surface area contributed by atoms with E-state index in [2.05, 4.69) is 10.6 Å². The fourth-order valence-corrected chi connectivity index (χ4v) is 2.03. The van der Waals surface area contributed by atoms with Crippen molar-refractivity contribution in [1.82, 2.24) is 5.32 Å². The van der Waals surface area contributed by atoms with E-state index < -0.39 is 0 Å². The van der Waals surface area contributed by atoms with Crippen LogP contribution >= 0.6 is 0 Å². The van der Waals surface area contributed by atoms with Crippen molar-refractivity contribution in [2.75, 3.05) is 11.9 Å². The lowest BCUT2D eigenvalue weighted by atomic mass is 10.0. The lowest BCUT2D eigenvalue weighted by Crippen LogP contribution is -2.30. The minimum absolute atomic E-state index is 0.0712. The second-order valence-electron chi connectivity index (χ2n) is 5.42. The third kappa shape index (κ3) is 5.55. The van der Waals surface area contributed by atoms with Crippen LogP contribution in [0.2, 0.25) is 0 Å². The first-order valence-corrected chi connectivity index (χ1v) is 7.39. The second-order valence-corrected chi connectivity index (χ2v) is 5.42. The van der Waals surface area contributed by atoms with Crippen LogP contribution in [0.25, 0.3) is 0 Å². The van der Waals surface area contributed by atoms with Gasteiger partial charge in [-0.1, -0.05) is 19.4 Å². The first-order valence-electron chi connectivity index (χ1n) is 7.39. The maximum atomic E-state index is 12.1. The highest BCUT2D eigenvalue weighted by molar-refractivity contribution is 5.97. The molecule has 5 heteroatoms.